The van der Waals surface area contributed by atoms with Crippen molar-refractivity contribution in [3.63, 3.8) is 0 Å². The van der Waals surface area contributed by atoms with E-state index >= 15 is 0 Å². The molecule has 2 aromatic heterocycles. The van der Waals surface area contributed by atoms with Gasteiger partial charge in [-0.15, -0.1) is 6.42 Å². The fraction of sp³-hybridized carbons (Fsp3) is 0.389. The topological polar surface area (TPSA) is 55.3 Å². The van der Waals surface area contributed by atoms with Gasteiger partial charge in [0.1, 0.15) is 15.6 Å². The molecule has 1 amide bonds. The Morgan fingerprint density at radius 2 is 2.17 bits per heavy atom. The number of carbonyl (C=O) groups excluding carboxylic acids is 1. The summed E-state index contributed by atoms with van der Waals surface area (Å²) in [6, 6.07) is 3.33. The molecular weight excluding hydrogens is 322 g/mol. The summed E-state index contributed by atoms with van der Waals surface area (Å²) in [6.07, 6.45) is 8.53. The zero-order chi connectivity index (χ0) is 17.9. The lowest BCUT2D eigenvalue weighted by Gasteiger charge is -2.28. The smallest absolute Gasteiger partial charge is 0.416 e. The van der Waals surface area contributed by atoms with Crippen LogP contribution in [0.2, 0.25) is 0 Å². The van der Waals surface area contributed by atoms with Crippen molar-refractivity contribution in [3.8, 4) is 22.9 Å². The van der Waals surface area contributed by atoms with Crippen LogP contribution >= 0.6 is 11.3 Å². The Morgan fingerprint density at radius 3 is 2.71 bits per heavy atom. The Balaban J connectivity index is 2.43. The Hall–Kier alpha value is -2.39. The summed E-state index contributed by atoms with van der Waals surface area (Å²) in [5.74, 6) is 2.60. The Kier molecular flexibility index (Phi) is 5.25. The van der Waals surface area contributed by atoms with E-state index in [1.54, 1.807) is 19.3 Å². The lowest BCUT2D eigenvalue weighted by Crippen LogP contribution is -2.41. The molecule has 0 radical (unpaired) electrons. The highest BCUT2D eigenvalue weighted by Gasteiger charge is 2.30. The summed E-state index contributed by atoms with van der Waals surface area (Å²) in [6.45, 7) is 9.11. The fourth-order valence-corrected chi connectivity index (χ4v) is 3.16. The zero-order valence-corrected chi connectivity index (χ0v) is 15.3. The van der Waals surface area contributed by atoms with E-state index in [4.69, 9.17) is 11.2 Å². The standard InChI is InChI=1S/C18H21N3O2S/c1-7-12(2)21(17(22)23-18(4,5)6)16-13(3)20-15(24-16)14-9-8-10-19-11-14/h1,8-12H,2-6H3. The van der Waals surface area contributed by atoms with E-state index in [-0.39, 0.29) is 0 Å². The van der Waals surface area contributed by atoms with E-state index in [0.29, 0.717) is 5.00 Å². The Morgan fingerprint density at radius 1 is 1.46 bits per heavy atom. The molecule has 0 saturated heterocycles. The molecule has 2 heterocycles. The van der Waals surface area contributed by atoms with Gasteiger partial charge in [-0.1, -0.05) is 17.3 Å². The number of ether oxygens (including phenoxy) is 1. The fourth-order valence-electron chi connectivity index (χ4n) is 2.03. The quantitative estimate of drug-likeness (QED) is 0.781. The highest BCUT2D eigenvalue weighted by Crippen LogP contribution is 2.35. The van der Waals surface area contributed by atoms with Gasteiger partial charge < -0.3 is 4.74 Å². The van der Waals surface area contributed by atoms with Gasteiger partial charge in [0.05, 0.1) is 11.7 Å². The van der Waals surface area contributed by atoms with E-state index in [1.165, 1.54) is 16.2 Å². The van der Waals surface area contributed by atoms with E-state index < -0.39 is 17.7 Å². The minimum atomic E-state index is -0.603. The molecular formula is C18H21N3O2S. The van der Waals surface area contributed by atoms with Gasteiger partial charge in [0.15, 0.2) is 0 Å². The first-order valence-electron chi connectivity index (χ1n) is 7.59. The largest absolute Gasteiger partial charge is 0.443 e. The highest BCUT2D eigenvalue weighted by atomic mass is 32.1. The minimum Gasteiger partial charge on any atom is -0.443 e. The van der Waals surface area contributed by atoms with Gasteiger partial charge in [-0.2, -0.15) is 0 Å². The molecule has 0 saturated carbocycles. The summed E-state index contributed by atoms with van der Waals surface area (Å²) in [5, 5.41) is 1.47. The van der Waals surface area contributed by atoms with Gasteiger partial charge in [-0.25, -0.2) is 9.78 Å². The van der Waals surface area contributed by atoms with Crippen molar-refractivity contribution < 1.29 is 9.53 Å². The molecule has 0 N–H and O–H groups in total. The summed E-state index contributed by atoms with van der Waals surface area (Å²) < 4.78 is 5.51. The third-order valence-electron chi connectivity index (χ3n) is 3.12. The number of amides is 1. The molecule has 2 rings (SSSR count). The SMILES string of the molecule is C#CC(C)N(C(=O)OC(C)(C)C)c1sc(-c2cccnc2)nc1C. The number of nitrogens with zero attached hydrogens (tertiary/aromatic N) is 3. The lowest BCUT2D eigenvalue weighted by atomic mass is 10.2. The predicted octanol–water partition coefficient (Wildman–Crippen LogP) is 4.28. The van der Waals surface area contributed by atoms with Crippen LogP contribution in [0.25, 0.3) is 10.6 Å². The first kappa shape index (κ1) is 18.0. The van der Waals surface area contributed by atoms with Gasteiger partial charge in [0, 0.05) is 18.0 Å². The average Bonchev–Trinajstić information content (AvgIpc) is 2.88. The number of terminal acetylenes is 1. The van der Waals surface area contributed by atoms with E-state index in [0.717, 1.165) is 16.3 Å². The van der Waals surface area contributed by atoms with Crippen LogP contribution in [0, 0.1) is 19.3 Å². The minimum absolute atomic E-state index is 0.444. The molecule has 0 aliphatic carbocycles. The molecule has 24 heavy (non-hydrogen) atoms. The number of aromatic nitrogens is 2. The summed E-state index contributed by atoms with van der Waals surface area (Å²) in [4.78, 5) is 22.8. The summed E-state index contributed by atoms with van der Waals surface area (Å²) in [5.41, 5.74) is 1.02. The molecule has 2 aromatic rings. The van der Waals surface area contributed by atoms with Crippen LogP contribution in [-0.4, -0.2) is 27.7 Å². The van der Waals surface area contributed by atoms with Crippen LogP contribution in [0.15, 0.2) is 24.5 Å². The van der Waals surface area contributed by atoms with Crippen molar-refractivity contribution in [1.82, 2.24) is 9.97 Å². The van der Waals surface area contributed by atoms with Gasteiger partial charge in [-0.3, -0.25) is 9.88 Å². The normalized spacial score (nSPS) is 12.3. The molecule has 6 heteroatoms. The number of hydrogen-bond acceptors (Lipinski definition) is 5. The molecule has 0 aliphatic heterocycles. The first-order valence-corrected chi connectivity index (χ1v) is 8.40. The van der Waals surface area contributed by atoms with Gasteiger partial charge in [-0.05, 0) is 46.8 Å². The Labute approximate surface area is 146 Å². The maximum absolute atomic E-state index is 12.6. The maximum Gasteiger partial charge on any atom is 0.416 e. The number of hydrogen-bond donors (Lipinski definition) is 0. The highest BCUT2D eigenvalue weighted by molar-refractivity contribution is 7.19. The molecule has 126 valence electrons. The second-order valence-electron chi connectivity index (χ2n) is 6.34. The summed E-state index contributed by atoms with van der Waals surface area (Å²) >= 11 is 1.40. The van der Waals surface area contributed by atoms with E-state index in [1.807, 2.05) is 39.8 Å². The van der Waals surface area contributed by atoms with Crippen LogP contribution in [0.3, 0.4) is 0 Å². The van der Waals surface area contributed by atoms with Crippen molar-refractivity contribution >= 4 is 22.4 Å². The second-order valence-corrected chi connectivity index (χ2v) is 7.32. The van der Waals surface area contributed by atoms with Crippen LogP contribution in [0.5, 0.6) is 0 Å². The van der Waals surface area contributed by atoms with Crippen LogP contribution < -0.4 is 4.90 Å². The van der Waals surface area contributed by atoms with Crippen LogP contribution in [0.1, 0.15) is 33.4 Å². The second kappa shape index (κ2) is 7.02. The third-order valence-corrected chi connectivity index (χ3v) is 4.32. The number of pyridine rings is 1. The Bertz CT molecular complexity index is 757. The van der Waals surface area contributed by atoms with Gasteiger partial charge in [0.2, 0.25) is 0 Å². The van der Waals surface area contributed by atoms with Crippen LogP contribution in [0.4, 0.5) is 9.80 Å². The molecule has 1 unspecified atom stereocenters. The van der Waals surface area contributed by atoms with Gasteiger partial charge >= 0.3 is 6.09 Å². The molecule has 0 fully saturated rings. The number of rotatable bonds is 3. The number of aryl methyl sites for hydroxylation is 1. The zero-order valence-electron chi connectivity index (χ0n) is 14.5. The molecule has 0 aliphatic rings. The lowest BCUT2D eigenvalue weighted by molar-refractivity contribution is 0.0576. The number of thiazole rings is 1. The third kappa shape index (κ3) is 4.12. The molecule has 0 spiro atoms. The average molecular weight is 343 g/mol. The van der Waals surface area contributed by atoms with Gasteiger partial charge in [0.25, 0.3) is 0 Å². The van der Waals surface area contributed by atoms with Crippen molar-refractivity contribution in [3.05, 3.63) is 30.2 Å². The first-order chi connectivity index (χ1) is 11.2. The van der Waals surface area contributed by atoms with Crippen molar-refractivity contribution in [2.45, 2.75) is 46.3 Å². The predicted molar refractivity (Wildman–Crippen MR) is 97.1 cm³/mol. The molecule has 5 nitrogen and oxygen atoms in total. The van der Waals surface area contributed by atoms with Crippen LogP contribution in [-0.2, 0) is 4.74 Å². The number of anilines is 1. The van der Waals surface area contributed by atoms with Crippen molar-refractivity contribution in [1.29, 1.82) is 0 Å². The number of carbonyl (C=O) groups is 1. The molecule has 0 aromatic carbocycles. The summed E-state index contributed by atoms with van der Waals surface area (Å²) in [7, 11) is 0. The molecule has 0 bridgehead atoms. The van der Waals surface area contributed by atoms with Crippen molar-refractivity contribution in [2.24, 2.45) is 0 Å². The van der Waals surface area contributed by atoms with E-state index in [2.05, 4.69) is 15.9 Å². The monoisotopic (exact) mass is 343 g/mol. The van der Waals surface area contributed by atoms with Crippen molar-refractivity contribution in [2.75, 3.05) is 4.90 Å². The molecule has 1 atom stereocenters. The maximum atomic E-state index is 12.6. The van der Waals surface area contributed by atoms with E-state index in [9.17, 15) is 4.79 Å².